The van der Waals surface area contributed by atoms with Crippen molar-refractivity contribution in [3.8, 4) is 17.0 Å². The normalized spacial score (nSPS) is 25.2. The second-order valence-corrected chi connectivity index (χ2v) is 17.5. The van der Waals surface area contributed by atoms with E-state index in [4.69, 9.17) is 0 Å². The van der Waals surface area contributed by atoms with E-state index in [9.17, 15) is 19.5 Å². The number of rotatable bonds is 9. The first-order chi connectivity index (χ1) is 28.3. The molecule has 4 saturated heterocycles. The molecule has 5 aliphatic rings. The van der Waals surface area contributed by atoms with Gasteiger partial charge in [0.15, 0.2) is 0 Å². The second-order valence-electron chi connectivity index (χ2n) is 17.5. The van der Waals surface area contributed by atoms with E-state index in [0.717, 1.165) is 55.8 Å². The minimum Gasteiger partial charge on any atom is -0.507 e. The maximum Gasteiger partial charge on any atom is 0.234 e. The molecule has 5 heterocycles. The summed E-state index contributed by atoms with van der Waals surface area (Å²) < 4.78 is 0. The molecule has 0 bridgehead atoms. The summed E-state index contributed by atoms with van der Waals surface area (Å²) in [5.41, 5.74) is 4.92. The third-order valence-corrected chi connectivity index (χ3v) is 14.1. The molecule has 0 radical (unpaired) electrons. The fraction of sp³-hybridized carbons (Fsp3) is 0.468. The number of carbonyl (C=O) groups excluding carboxylic acids is 3. The van der Waals surface area contributed by atoms with Gasteiger partial charge in [0.2, 0.25) is 17.7 Å². The van der Waals surface area contributed by atoms with Crippen LogP contribution in [-0.4, -0.2) is 89.8 Å². The number of benzene rings is 3. The Hall–Kier alpha value is -5.29. The summed E-state index contributed by atoms with van der Waals surface area (Å²) in [4.78, 5) is 46.0. The van der Waals surface area contributed by atoms with Crippen molar-refractivity contribution in [1.82, 2.24) is 25.7 Å². The van der Waals surface area contributed by atoms with Crippen molar-refractivity contribution in [3.63, 3.8) is 0 Å². The first-order valence-corrected chi connectivity index (χ1v) is 21.4. The number of para-hydroxylation sites is 1. The Morgan fingerprint density at radius 3 is 2.29 bits per heavy atom. The average molecular weight is 782 g/mol. The number of hydrogen-bond donors (Lipinski definition) is 3. The molecule has 3 aromatic carbocycles. The second kappa shape index (κ2) is 16.5. The summed E-state index contributed by atoms with van der Waals surface area (Å²) in [6.45, 7) is 6.96. The van der Waals surface area contributed by atoms with Crippen molar-refractivity contribution in [3.05, 3.63) is 102 Å². The van der Waals surface area contributed by atoms with Gasteiger partial charge in [0.05, 0.1) is 28.9 Å². The molecule has 1 unspecified atom stereocenters. The standard InChI is InChI=1S/C47H55N7O4/c55-43-9-5-4-8-41(43)42-27-39(28-48-51-42)54-24-20-47(21-25-54,36-6-2-1-3-7-36)46(58)49-37-13-10-34-30-52(31-35(34)26-37)29-32-18-22-53(23-19-32)38-14-11-33(12-15-38)40-16-17-44(56)50-45(40)57/h1-9,11-12,14-15,27-28,32,34-35,37,40,55H,10,13,16-26,29-31H2,(H,49,58)(H,50,56,57)/t34-,35+,37?,40-/m1/s1. The summed E-state index contributed by atoms with van der Waals surface area (Å²) in [7, 11) is 0. The number of hydrogen-bond acceptors (Lipinski definition) is 9. The van der Waals surface area contributed by atoms with Gasteiger partial charge in [-0.2, -0.15) is 10.2 Å². The van der Waals surface area contributed by atoms with Gasteiger partial charge in [0.1, 0.15) is 5.75 Å². The lowest BCUT2D eigenvalue weighted by molar-refractivity contribution is -0.134. The Kier molecular flexibility index (Phi) is 10.9. The first kappa shape index (κ1) is 38.2. The number of nitrogens with zero attached hydrogens (tertiary/aromatic N) is 5. The Morgan fingerprint density at radius 1 is 0.810 bits per heavy atom. The molecule has 3 amide bonds. The third-order valence-electron chi connectivity index (χ3n) is 14.1. The predicted octanol–water partition coefficient (Wildman–Crippen LogP) is 6.04. The lowest BCUT2D eigenvalue weighted by atomic mass is 9.71. The molecule has 4 aromatic rings. The molecular weight excluding hydrogens is 727 g/mol. The molecular formula is C47H55N7O4. The summed E-state index contributed by atoms with van der Waals surface area (Å²) in [5, 5.41) is 25.1. The van der Waals surface area contributed by atoms with Gasteiger partial charge < -0.3 is 25.1 Å². The van der Waals surface area contributed by atoms with Crippen molar-refractivity contribution in [1.29, 1.82) is 0 Å². The molecule has 0 spiro atoms. The van der Waals surface area contributed by atoms with Gasteiger partial charge in [-0.1, -0.05) is 54.6 Å². The zero-order valence-corrected chi connectivity index (χ0v) is 33.3. The number of fused-ring (bicyclic) bond motifs is 1. The van der Waals surface area contributed by atoms with Crippen molar-refractivity contribution in [2.75, 3.05) is 55.6 Å². The lowest BCUT2D eigenvalue weighted by Crippen LogP contribution is -2.54. The molecule has 1 saturated carbocycles. The molecule has 4 aliphatic heterocycles. The number of imide groups is 1. The Morgan fingerprint density at radius 2 is 1.53 bits per heavy atom. The summed E-state index contributed by atoms with van der Waals surface area (Å²) in [5.74, 6) is 1.76. The Labute approximate surface area is 341 Å². The fourth-order valence-electron chi connectivity index (χ4n) is 10.7. The van der Waals surface area contributed by atoms with E-state index in [-0.39, 0.29) is 35.4 Å². The number of nitrogens with one attached hydrogen (secondary N) is 2. The summed E-state index contributed by atoms with van der Waals surface area (Å²) in [6, 6.07) is 28.1. The van der Waals surface area contributed by atoms with E-state index in [1.807, 2.05) is 36.4 Å². The van der Waals surface area contributed by atoms with Crippen LogP contribution in [0.25, 0.3) is 11.3 Å². The largest absolute Gasteiger partial charge is 0.507 e. The van der Waals surface area contributed by atoms with Crippen LogP contribution in [0.2, 0.25) is 0 Å². The zero-order chi connectivity index (χ0) is 39.6. The maximum absolute atomic E-state index is 14.5. The summed E-state index contributed by atoms with van der Waals surface area (Å²) >= 11 is 0. The number of piperidine rings is 3. The molecule has 5 fully saturated rings. The van der Waals surface area contributed by atoms with Crippen molar-refractivity contribution in [2.24, 2.45) is 17.8 Å². The minimum atomic E-state index is -0.595. The monoisotopic (exact) mass is 781 g/mol. The average Bonchev–Trinajstić information content (AvgIpc) is 3.66. The lowest BCUT2D eigenvalue weighted by Gasteiger charge is -2.43. The van der Waals surface area contributed by atoms with Crippen LogP contribution in [-0.2, 0) is 19.8 Å². The quantitative estimate of drug-likeness (QED) is 0.174. The Bertz CT molecular complexity index is 2100. The molecule has 3 N–H and O–H groups in total. The molecule has 11 nitrogen and oxygen atoms in total. The van der Waals surface area contributed by atoms with Crippen molar-refractivity contribution in [2.45, 2.75) is 75.2 Å². The molecule has 58 heavy (non-hydrogen) atoms. The number of phenols is 1. The van der Waals surface area contributed by atoms with E-state index in [1.54, 1.807) is 18.3 Å². The highest BCUT2D eigenvalue weighted by Crippen LogP contribution is 2.41. The van der Waals surface area contributed by atoms with E-state index >= 15 is 0 Å². The maximum atomic E-state index is 14.5. The minimum absolute atomic E-state index is 0.164. The van der Waals surface area contributed by atoms with Crippen LogP contribution in [0.3, 0.4) is 0 Å². The number of anilines is 2. The SMILES string of the molecule is O=C1CC[C@H](c2ccc(N3CCC(CN4C[C@H]5CCC(NC(=O)C6(c7ccccc7)CCN(c7cnnc(-c8ccccc8O)c7)CC6)C[C@H]5C4)CC3)cc2)C(=O)N1. The molecule has 11 heteroatoms. The molecule has 1 aliphatic carbocycles. The smallest absolute Gasteiger partial charge is 0.234 e. The first-order valence-electron chi connectivity index (χ1n) is 21.4. The highest BCUT2D eigenvalue weighted by molar-refractivity contribution is 6.01. The van der Waals surface area contributed by atoms with Crippen molar-refractivity contribution < 1.29 is 19.5 Å². The molecule has 302 valence electrons. The summed E-state index contributed by atoms with van der Waals surface area (Å²) in [6.07, 6.45) is 9.77. The Balaban J connectivity index is 0.774. The predicted molar refractivity (Wildman–Crippen MR) is 224 cm³/mol. The van der Waals surface area contributed by atoms with Gasteiger partial charge in [0.25, 0.3) is 0 Å². The van der Waals surface area contributed by atoms with E-state index < -0.39 is 5.41 Å². The number of likely N-dealkylation sites (tertiary alicyclic amines) is 1. The van der Waals surface area contributed by atoms with Crippen LogP contribution in [0.5, 0.6) is 5.75 Å². The van der Waals surface area contributed by atoms with Crippen molar-refractivity contribution >= 4 is 29.1 Å². The van der Waals surface area contributed by atoms with Gasteiger partial charge >= 0.3 is 0 Å². The molecule has 4 atom stereocenters. The number of phenolic OH excluding ortho intramolecular Hbond substituents is 1. The van der Waals surface area contributed by atoms with E-state index in [0.29, 0.717) is 67.8 Å². The van der Waals surface area contributed by atoms with Gasteiger partial charge in [-0.3, -0.25) is 19.7 Å². The number of amides is 3. The van der Waals surface area contributed by atoms with E-state index in [1.165, 1.54) is 31.5 Å². The van der Waals surface area contributed by atoms with Crippen LogP contribution < -0.4 is 20.4 Å². The fourth-order valence-corrected chi connectivity index (χ4v) is 10.7. The number of aromatic nitrogens is 2. The topological polar surface area (TPSA) is 131 Å². The van der Waals surface area contributed by atoms with Crippen LogP contribution in [0.4, 0.5) is 11.4 Å². The molecule has 1 aromatic heterocycles. The van der Waals surface area contributed by atoms with E-state index in [2.05, 4.69) is 71.9 Å². The molecule has 9 rings (SSSR count). The number of aromatic hydroxyl groups is 1. The van der Waals surface area contributed by atoms with Gasteiger partial charge in [-0.25, -0.2) is 0 Å². The highest BCUT2D eigenvalue weighted by Gasteiger charge is 2.45. The van der Waals surface area contributed by atoms with Crippen LogP contribution >= 0.6 is 0 Å². The van der Waals surface area contributed by atoms with Gasteiger partial charge in [0, 0.05) is 69.5 Å². The number of carbonyl (C=O) groups is 3. The zero-order valence-electron chi connectivity index (χ0n) is 33.3. The third kappa shape index (κ3) is 7.93. The van der Waals surface area contributed by atoms with Crippen LogP contribution in [0, 0.1) is 17.8 Å². The van der Waals surface area contributed by atoms with Crippen LogP contribution in [0.15, 0.2) is 91.1 Å². The highest BCUT2D eigenvalue weighted by atomic mass is 16.3. The van der Waals surface area contributed by atoms with Crippen LogP contribution in [0.1, 0.15) is 74.8 Å². The van der Waals surface area contributed by atoms with Gasteiger partial charge in [-0.05, 0) is 111 Å². The van der Waals surface area contributed by atoms with Gasteiger partial charge in [-0.15, -0.1) is 0 Å².